The average Bonchev–Trinajstić information content (AvgIpc) is 3.06. The van der Waals surface area contributed by atoms with Crippen molar-refractivity contribution in [2.75, 3.05) is 13.1 Å². The summed E-state index contributed by atoms with van der Waals surface area (Å²) in [6.45, 7) is 3.63. The molecule has 122 valence electrons. The molecule has 1 atom stereocenters. The van der Waals surface area contributed by atoms with Crippen LogP contribution in [0.4, 0.5) is 0 Å². The number of nitrogens with zero attached hydrogens (tertiary/aromatic N) is 2. The zero-order valence-electron chi connectivity index (χ0n) is 12.9. The Morgan fingerprint density at radius 2 is 2.04 bits per heavy atom. The number of nitrogens with one attached hydrogen (secondary N) is 2. The lowest BCUT2D eigenvalue weighted by atomic mass is 9.97. The maximum atomic E-state index is 12.3. The van der Waals surface area contributed by atoms with E-state index in [0.717, 1.165) is 31.5 Å². The van der Waals surface area contributed by atoms with E-state index in [0.29, 0.717) is 16.7 Å². The number of hydrogen-bond acceptors (Lipinski definition) is 5. The number of rotatable bonds is 4. The van der Waals surface area contributed by atoms with Gasteiger partial charge in [-0.05, 0) is 57.1 Å². The Bertz CT molecular complexity index is 665. The second kappa shape index (κ2) is 7.10. The van der Waals surface area contributed by atoms with Gasteiger partial charge in [-0.1, -0.05) is 16.8 Å². The van der Waals surface area contributed by atoms with Crippen molar-refractivity contribution in [3.63, 3.8) is 0 Å². The SMILES string of the molecule is CC(NC(=O)C1CCNCC1)c1noc(-c2ccc(Cl)cc2)n1. The second-order valence-corrected chi connectivity index (χ2v) is 6.16. The largest absolute Gasteiger partial charge is 0.346 e. The number of carbonyl (C=O) groups excluding carboxylic acids is 1. The summed E-state index contributed by atoms with van der Waals surface area (Å²) in [6.07, 6.45) is 1.72. The van der Waals surface area contributed by atoms with Crippen molar-refractivity contribution < 1.29 is 9.32 Å². The molecule has 1 amide bonds. The van der Waals surface area contributed by atoms with Crippen LogP contribution >= 0.6 is 11.6 Å². The van der Waals surface area contributed by atoms with E-state index >= 15 is 0 Å². The van der Waals surface area contributed by atoms with Crippen LogP contribution in [0.2, 0.25) is 5.02 Å². The molecule has 1 aromatic heterocycles. The zero-order valence-corrected chi connectivity index (χ0v) is 13.6. The molecule has 3 rings (SSSR count). The molecular formula is C16H19ClN4O2. The standard InChI is InChI=1S/C16H19ClN4O2/c1-10(19-15(22)11-6-8-18-9-7-11)14-20-16(23-21-14)12-2-4-13(17)5-3-12/h2-5,10-11,18H,6-9H2,1H3,(H,19,22). The average molecular weight is 335 g/mol. The highest BCUT2D eigenvalue weighted by atomic mass is 35.5. The maximum absolute atomic E-state index is 12.3. The second-order valence-electron chi connectivity index (χ2n) is 5.72. The van der Waals surface area contributed by atoms with Crippen molar-refractivity contribution in [3.05, 3.63) is 35.1 Å². The molecule has 0 aliphatic carbocycles. The Kier molecular flexibility index (Phi) is 4.93. The molecule has 7 heteroatoms. The molecule has 1 aromatic carbocycles. The minimum atomic E-state index is -0.290. The first-order chi connectivity index (χ1) is 11.1. The van der Waals surface area contributed by atoms with Gasteiger partial charge in [0.2, 0.25) is 5.91 Å². The predicted molar refractivity (Wildman–Crippen MR) is 86.9 cm³/mol. The third kappa shape index (κ3) is 3.89. The summed E-state index contributed by atoms with van der Waals surface area (Å²) < 4.78 is 5.27. The van der Waals surface area contributed by atoms with Gasteiger partial charge in [-0.25, -0.2) is 0 Å². The first-order valence-electron chi connectivity index (χ1n) is 7.74. The fourth-order valence-electron chi connectivity index (χ4n) is 2.60. The van der Waals surface area contributed by atoms with Crippen LogP contribution in [0.15, 0.2) is 28.8 Å². The lowest BCUT2D eigenvalue weighted by Gasteiger charge is -2.23. The Balaban J connectivity index is 1.64. The topological polar surface area (TPSA) is 80.0 Å². The third-order valence-electron chi connectivity index (χ3n) is 3.99. The molecule has 2 N–H and O–H groups in total. The van der Waals surface area contributed by atoms with E-state index in [-0.39, 0.29) is 17.9 Å². The highest BCUT2D eigenvalue weighted by molar-refractivity contribution is 6.30. The van der Waals surface area contributed by atoms with Crippen LogP contribution < -0.4 is 10.6 Å². The van der Waals surface area contributed by atoms with Crippen molar-refractivity contribution in [3.8, 4) is 11.5 Å². The summed E-state index contributed by atoms with van der Waals surface area (Å²) in [6, 6.07) is 6.88. The lowest BCUT2D eigenvalue weighted by molar-refractivity contribution is -0.126. The summed E-state index contributed by atoms with van der Waals surface area (Å²) in [5, 5.41) is 10.8. The van der Waals surface area contributed by atoms with Gasteiger partial charge in [0.1, 0.15) is 0 Å². The van der Waals surface area contributed by atoms with E-state index in [2.05, 4.69) is 20.8 Å². The molecule has 6 nitrogen and oxygen atoms in total. The fourth-order valence-corrected chi connectivity index (χ4v) is 2.73. The van der Waals surface area contributed by atoms with Crippen molar-refractivity contribution in [1.29, 1.82) is 0 Å². The molecule has 2 aromatic rings. The van der Waals surface area contributed by atoms with Gasteiger partial charge in [0, 0.05) is 16.5 Å². The quantitative estimate of drug-likeness (QED) is 0.898. The number of hydrogen-bond donors (Lipinski definition) is 2. The van der Waals surface area contributed by atoms with E-state index in [4.69, 9.17) is 16.1 Å². The number of amides is 1. The number of benzene rings is 1. The van der Waals surface area contributed by atoms with Gasteiger partial charge in [0.15, 0.2) is 5.82 Å². The van der Waals surface area contributed by atoms with Gasteiger partial charge in [0.05, 0.1) is 6.04 Å². The van der Waals surface area contributed by atoms with Crippen molar-refractivity contribution in [2.45, 2.75) is 25.8 Å². The normalized spacial score (nSPS) is 17.0. The molecule has 1 saturated heterocycles. The van der Waals surface area contributed by atoms with Gasteiger partial charge in [-0.2, -0.15) is 4.98 Å². The molecule has 1 fully saturated rings. The van der Waals surface area contributed by atoms with Crippen LogP contribution in [0.1, 0.15) is 31.6 Å². The Labute approximate surface area is 139 Å². The van der Waals surface area contributed by atoms with Crippen LogP contribution in [-0.4, -0.2) is 29.1 Å². The fraction of sp³-hybridized carbons (Fsp3) is 0.438. The first-order valence-corrected chi connectivity index (χ1v) is 8.12. The molecule has 1 aliphatic rings. The monoisotopic (exact) mass is 334 g/mol. The zero-order chi connectivity index (χ0) is 16.2. The molecule has 0 spiro atoms. The van der Waals surface area contributed by atoms with E-state index in [1.54, 1.807) is 12.1 Å². The Morgan fingerprint density at radius 3 is 2.74 bits per heavy atom. The van der Waals surface area contributed by atoms with Gasteiger partial charge in [-0.15, -0.1) is 0 Å². The number of aromatic nitrogens is 2. The third-order valence-corrected chi connectivity index (χ3v) is 4.24. The smallest absolute Gasteiger partial charge is 0.257 e. The summed E-state index contributed by atoms with van der Waals surface area (Å²) in [5.74, 6) is 0.995. The van der Waals surface area contributed by atoms with Gasteiger partial charge in [-0.3, -0.25) is 4.79 Å². The van der Waals surface area contributed by atoms with Gasteiger partial charge < -0.3 is 15.2 Å². The minimum Gasteiger partial charge on any atom is -0.346 e. The van der Waals surface area contributed by atoms with Crippen molar-refractivity contribution in [2.24, 2.45) is 5.92 Å². The Morgan fingerprint density at radius 1 is 1.35 bits per heavy atom. The van der Waals surface area contributed by atoms with Crippen LogP contribution in [0.5, 0.6) is 0 Å². The molecule has 1 unspecified atom stereocenters. The number of carbonyl (C=O) groups is 1. The van der Waals surface area contributed by atoms with Gasteiger partial charge in [0.25, 0.3) is 5.89 Å². The molecule has 1 aliphatic heterocycles. The predicted octanol–water partition coefficient (Wildman–Crippen LogP) is 2.57. The van der Waals surface area contributed by atoms with E-state index in [1.807, 2.05) is 19.1 Å². The lowest BCUT2D eigenvalue weighted by Crippen LogP contribution is -2.39. The highest BCUT2D eigenvalue weighted by Crippen LogP contribution is 2.22. The van der Waals surface area contributed by atoms with Crippen LogP contribution in [0.25, 0.3) is 11.5 Å². The Hall–Kier alpha value is -1.92. The van der Waals surface area contributed by atoms with Gasteiger partial charge >= 0.3 is 0 Å². The summed E-state index contributed by atoms with van der Waals surface area (Å²) in [4.78, 5) is 16.6. The van der Waals surface area contributed by atoms with E-state index < -0.39 is 0 Å². The number of piperidine rings is 1. The molecule has 23 heavy (non-hydrogen) atoms. The van der Waals surface area contributed by atoms with E-state index in [9.17, 15) is 4.79 Å². The minimum absolute atomic E-state index is 0.0526. The highest BCUT2D eigenvalue weighted by Gasteiger charge is 2.24. The van der Waals surface area contributed by atoms with Crippen LogP contribution in [0, 0.1) is 5.92 Å². The molecular weight excluding hydrogens is 316 g/mol. The number of halogens is 1. The summed E-state index contributed by atoms with van der Waals surface area (Å²) in [5.41, 5.74) is 0.796. The van der Waals surface area contributed by atoms with Crippen molar-refractivity contribution >= 4 is 17.5 Å². The summed E-state index contributed by atoms with van der Waals surface area (Å²) >= 11 is 5.87. The first kappa shape index (κ1) is 16.0. The summed E-state index contributed by atoms with van der Waals surface area (Å²) in [7, 11) is 0. The van der Waals surface area contributed by atoms with Crippen LogP contribution in [-0.2, 0) is 4.79 Å². The molecule has 0 saturated carbocycles. The molecule has 2 heterocycles. The van der Waals surface area contributed by atoms with E-state index in [1.165, 1.54) is 0 Å². The molecule has 0 radical (unpaired) electrons. The molecule has 0 bridgehead atoms. The maximum Gasteiger partial charge on any atom is 0.257 e. The van der Waals surface area contributed by atoms with Crippen molar-refractivity contribution in [1.82, 2.24) is 20.8 Å². The van der Waals surface area contributed by atoms with Crippen LogP contribution in [0.3, 0.4) is 0 Å².